The van der Waals surface area contributed by atoms with Crippen molar-refractivity contribution >= 4 is 51.6 Å². The number of likely N-dealkylation sites (tertiary alicyclic amines) is 1. The zero-order chi connectivity index (χ0) is 28.9. The summed E-state index contributed by atoms with van der Waals surface area (Å²) in [6.07, 6.45) is 5.60. The number of imidazole rings is 1. The number of nitrogens with one attached hydrogen (secondary N) is 2. The van der Waals surface area contributed by atoms with Crippen molar-refractivity contribution in [3.05, 3.63) is 89.7 Å². The van der Waals surface area contributed by atoms with Crippen molar-refractivity contribution in [3.63, 3.8) is 0 Å². The lowest BCUT2D eigenvalue weighted by Gasteiger charge is -2.16. The molecule has 2 aromatic carbocycles. The monoisotopic (exact) mass is 579 g/mol. The number of aryl methyl sites for hydroxylation is 1. The Morgan fingerprint density at radius 3 is 2.60 bits per heavy atom. The molecule has 0 spiro atoms. The second kappa shape index (κ2) is 12.3. The minimum atomic E-state index is -0.357. The van der Waals surface area contributed by atoms with Crippen LogP contribution in [0.2, 0.25) is 0 Å². The normalized spacial score (nSPS) is 13.0. The van der Waals surface area contributed by atoms with E-state index in [9.17, 15) is 14.4 Å². The van der Waals surface area contributed by atoms with Crippen LogP contribution in [-0.4, -0.2) is 61.7 Å². The molecule has 212 valence electrons. The average Bonchev–Trinajstić information content (AvgIpc) is 3.76. The molecule has 3 aromatic heterocycles. The Kier molecular flexibility index (Phi) is 8.00. The van der Waals surface area contributed by atoms with Gasteiger partial charge in [-0.05, 0) is 43.2 Å². The lowest BCUT2D eigenvalue weighted by atomic mass is 10.1. The topological polar surface area (TPSA) is 122 Å². The van der Waals surface area contributed by atoms with Gasteiger partial charge in [-0.3, -0.25) is 24.7 Å². The average molecular weight is 580 g/mol. The standard InChI is InChI=1S/C31H29N7O3S/c39-27(21-6-2-1-3-7-21)19-33-23-9-10-26-24(18-23)35-31(38(26)17-5-16-37-15-4-8-28(37)40)36-29(41)25-20-42-30(34-25)22-11-13-32-14-12-22/h1-3,6-7,9-14,18,20,33H,4-5,8,15-17,19H2,(H,35,36,41). The van der Waals surface area contributed by atoms with Gasteiger partial charge < -0.3 is 14.8 Å². The maximum absolute atomic E-state index is 13.3. The molecule has 2 amide bonds. The number of pyridine rings is 1. The summed E-state index contributed by atoms with van der Waals surface area (Å²) in [6.45, 7) is 2.14. The number of carbonyl (C=O) groups is 3. The van der Waals surface area contributed by atoms with E-state index in [1.807, 2.05) is 58.0 Å². The Morgan fingerprint density at radius 2 is 1.81 bits per heavy atom. The number of anilines is 2. The first-order valence-electron chi connectivity index (χ1n) is 13.8. The van der Waals surface area contributed by atoms with Crippen molar-refractivity contribution in [2.24, 2.45) is 0 Å². The third kappa shape index (κ3) is 6.06. The van der Waals surface area contributed by atoms with Gasteiger partial charge in [0.1, 0.15) is 10.7 Å². The van der Waals surface area contributed by atoms with Crippen LogP contribution in [0.5, 0.6) is 0 Å². The summed E-state index contributed by atoms with van der Waals surface area (Å²) in [6, 6.07) is 18.5. The summed E-state index contributed by atoms with van der Waals surface area (Å²) < 4.78 is 1.96. The van der Waals surface area contributed by atoms with Gasteiger partial charge in [-0.1, -0.05) is 30.3 Å². The lowest BCUT2D eigenvalue weighted by Crippen LogP contribution is -2.26. The summed E-state index contributed by atoms with van der Waals surface area (Å²) in [4.78, 5) is 53.1. The number of fused-ring (bicyclic) bond motifs is 1. The molecule has 1 fully saturated rings. The van der Waals surface area contributed by atoms with E-state index in [1.54, 1.807) is 29.9 Å². The molecule has 2 N–H and O–H groups in total. The first kappa shape index (κ1) is 27.3. The van der Waals surface area contributed by atoms with E-state index >= 15 is 0 Å². The quantitative estimate of drug-likeness (QED) is 0.208. The highest BCUT2D eigenvalue weighted by Gasteiger charge is 2.21. The van der Waals surface area contributed by atoms with Crippen LogP contribution in [0.25, 0.3) is 21.6 Å². The van der Waals surface area contributed by atoms with Gasteiger partial charge in [-0.15, -0.1) is 11.3 Å². The van der Waals surface area contributed by atoms with Gasteiger partial charge in [-0.2, -0.15) is 0 Å². The Hall–Kier alpha value is -4.90. The highest BCUT2D eigenvalue weighted by Crippen LogP contribution is 2.26. The van der Waals surface area contributed by atoms with Crippen LogP contribution in [0.1, 0.15) is 40.1 Å². The molecule has 0 saturated carbocycles. The van der Waals surface area contributed by atoms with E-state index in [0.717, 1.165) is 34.7 Å². The number of benzene rings is 2. The molecule has 1 aliphatic heterocycles. The Balaban J connectivity index is 1.22. The second-order valence-electron chi connectivity index (χ2n) is 10.00. The maximum atomic E-state index is 13.3. The highest BCUT2D eigenvalue weighted by molar-refractivity contribution is 7.13. The summed E-state index contributed by atoms with van der Waals surface area (Å²) in [7, 11) is 0. The summed E-state index contributed by atoms with van der Waals surface area (Å²) in [5.41, 5.74) is 4.10. The Labute approximate surface area is 246 Å². The number of hydrogen-bond donors (Lipinski definition) is 2. The summed E-state index contributed by atoms with van der Waals surface area (Å²) in [5.74, 6) is 0.219. The SMILES string of the molecule is O=C(CNc1ccc2c(c1)nc(NC(=O)c1csc(-c3ccncc3)n1)n2CCCN1CCCC1=O)c1ccccc1. The van der Waals surface area contributed by atoms with Crippen molar-refractivity contribution < 1.29 is 14.4 Å². The number of aromatic nitrogens is 4. The first-order valence-corrected chi connectivity index (χ1v) is 14.7. The molecule has 0 aliphatic carbocycles. The minimum absolute atomic E-state index is 0.0139. The molecular formula is C31H29N7O3S. The van der Waals surface area contributed by atoms with Crippen LogP contribution in [-0.2, 0) is 11.3 Å². The molecule has 5 aromatic rings. The third-order valence-electron chi connectivity index (χ3n) is 7.17. The van der Waals surface area contributed by atoms with Crippen molar-refractivity contribution in [3.8, 4) is 10.6 Å². The number of ketones is 1. The number of thiazole rings is 1. The van der Waals surface area contributed by atoms with Crippen LogP contribution in [0, 0.1) is 0 Å². The van der Waals surface area contributed by atoms with Gasteiger partial charge in [0.15, 0.2) is 5.78 Å². The van der Waals surface area contributed by atoms with E-state index in [-0.39, 0.29) is 24.1 Å². The summed E-state index contributed by atoms with van der Waals surface area (Å²) in [5, 5.41) is 8.59. The van der Waals surface area contributed by atoms with Gasteiger partial charge in [0.05, 0.1) is 17.6 Å². The number of nitrogens with zero attached hydrogens (tertiary/aromatic N) is 5. The van der Waals surface area contributed by atoms with E-state index in [2.05, 4.69) is 20.6 Å². The Morgan fingerprint density at radius 1 is 0.976 bits per heavy atom. The zero-order valence-corrected chi connectivity index (χ0v) is 23.6. The number of Topliss-reactive ketones (excluding diaryl/α,β-unsaturated/α-hetero) is 1. The zero-order valence-electron chi connectivity index (χ0n) is 22.8. The van der Waals surface area contributed by atoms with Gasteiger partial charge in [0, 0.05) is 60.6 Å². The predicted octanol–water partition coefficient (Wildman–Crippen LogP) is 5.11. The second-order valence-corrected chi connectivity index (χ2v) is 10.9. The fourth-order valence-corrected chi connectivity index (χ4v) is 5.81. The molecule has 0 bridgehead atoms. The van der Waals surface area contributed by atoms with Crippen molar-refractivity contribution in [2.75, 3.05) is 30.3 Å². The molecule has 0 atom stereocenters. The van der Waals surface area contributed by atoms with Gasteiger partial charge in [0.25, 0.3) is 5.91 Å². The van der Waals surface area contributed by atoms with Crippen molar-refractivity contribution in [1.82, 2.24) is 24.4 Å². The largest absolute Gasteiger partial charge is 0.378 e. The van der Waals surface area contributed by atoms with Crippen LogP contribution in [0.4, 0.5) is 11.6 Å². The number of carbonyl (C=O) groups excluding carboxylic acids is 3. The van der Waals surface area contributed by atoms with Gasteiger partial charge >= 0.3 is 0 Å². The smallest absolute Gasteiger partial charge is 0.277 e. The molecule has 11 heteroatoms. The molecule has 1 saturated heterocycles. The Bertz CT molecular complexity index is 1730. The van der Waals surface area contributed by atoms with E-state index in [1.165, 1.54) is 11.3 Å². The van der Waals surface area contributed by atoms with Crippen molar-refractivity contribution in [2.45, 2.75) is 25.8 Å². The van der Waals surface area contributed by atoms with Gasteiger partial charge in [0.2, 0.25) is 11.9 Å². The van der Waals surface area contributed by atoms with Crippen LogP contribution in [0.15, 0.2) is 78.4 Å². The van der Waals surface area contributed by atoms with Crippen LogP contribution >= 0.6 is 11.3 Å². The van der Waals surface area contributed by atoms with Crippen molar-refractivity contribution in [1.29, 1.82) is 0 Å². The molecule has 0 radical (unpaired) electrons. The van der Waals surface area contributed by atoms with E-state index < -0.39 is 0 Å². The fourth-order valence-electron chi connectivity index (χ4n) is 5.00. The van der Waals surface area contributed by atoms with E-state index in [0.29, 0.717) is 48.7 Å². The third-order valence-corrected chi connectivity index (χ3v) is 8.06. The lowest BCUT2D eigenvalue weighted by molar-refractivity contribution is -0.127. The maximum Gasteiger partial charge on any atom is 0.277 e. The highest BCUT2D eigenvalue weighted by atomic mass is 32.1. The molecule has 0 unspecified atom stereocenters. The van der Waals surface area contributed by atoms with Crippen LogP contribution < -0.4 is 10.6 Å². The predicted molar refractivity (Wildman–Crippen MR) is 163 cm³/mol. The van der Waals surface area contributed by atoms with Crippen LogP contribution in [0.3, 0.4) is 0 Å². The van der Waals surface area contributed by atoms with E-state index in [4.69, 9.17) is 4.98 Å². The molecule has 6 rings (SSSR count). The molecule has 10 nitrogen and oxygen atoms in total. The minimum Gasteiger partial charge on any atom is -0.378 e. The number of hydrogen-bond acceptors (Lipinski definition) is 8. The van der Waals surface area contributed by atoms with Gasteiger partial charge in [-0.25, -0.2) is 9.97 Å². The molecule has 42 heavy (non-hydrogen) atoms. The number of rotatable bonds is 11. The first-order chi connectivity index (χ1) is 20.5. The molecule has 1 aliphatic rings. The summed E-state index contributed by atoms with van der Waals surface area (Å²) >= 11 is 1.39. The fraction of sp³-hybridized carbons (Fsp3) is 0.226. The molecular weight excluding hydrogens is 550 g/mol. The molecule has 4 heterocycles. The number of amides is 2.